The van der Waals surface area contributed by atoms with Gasteiger partial charge < -0.3 is 4.74 Å². The quantitative estimate of drug-likeness (QED) is 0.252. The first-order valence-corrected chi connectivity index (χ1v) is 10.6. The van der Waals surface area contributed by atoms with Crippen LogP contribution >= 0.6 is 28.1 Å². The van der Waals surface area contributed by atoms with Gasteiger partial charge in [0.05, 0.1) is 4.47 Å². The molecule has 1 saturated heterocycles. The molecule has 5 nitrogen and oxygen atoms in total. The largest absolute Gasteiger partial charge is 0.487 e. The van der Waals surface area contributed by atoms with Crippen molar-refractivity contribution in [2.75, 3.05) is 14.1 Å². The third-order valence-corrected chi connectivity index (χ3v) is 5.90. The molecule has 160 valence electrons. The number of amides is 2. The monoisotopic (exact) mass is 502 g/mol. The molecule has 1 aliphatic rings. The Morgan fingerprint density at radius 1 is 1.13 bits per heavy atom. The highest BCUT2D eigenvalue weighted by atomic mass is 79.9. The van der Waals surface area contributed by atoms with Crippen LogP contribution in [0.1, 0.15) is 16.7 Å². The Kier molecular flexibility index (Phi) is 7.02. The van der Waals surface area contributed by atoms with Crippen LogP contribution < -0.4 is 4.74 Å². The molecule has 1 heterocycles. The minimum Gasteiger partial charge on any atom is -0.487 e. The summed E-state index contributed by atoms with van der Waals surface area (Å²) in [4.78, 5) is 27.7. The van der Waals surface area contributed by atoms with Crippen molar-refractivity contribution in [1.29, 1.82) is 0 Å². The molecule has 1 aliphatic heterocycles. The molecule has 8 heteroatoms. The predicted molar refractivity (Wildman–Crippen MR) is 125 cm³/mol. The molecule has 0 saturated carbocycles. The zero-order valence-electron chi connectivity index (χ0n) is 17.0. The Balaban J connectivity index is 1.94. The maximum Gasteiger partial charge on any atom is 0.265 e. The molecule has 2 amide bonds. The summed E-state index contributed by atoms with van der Waals surface area (Å²) < 4.78 is 19.8. The highest BCUT2D eigenvalue weighted by molar-refractivity contribution is 9.10. The second kappa shape index (κ2) is 9.53. The lowest BCUT2D eigenvalue weighted by molar-refractivity contribution is -0.132. The van der Waals surface area contributed by atoms with Gasteiger partial charge in [-0.2, -0.15) is 0 Å². The van der Waals surface area contributed by atoms with Crippen molar-refractivity contribution in [3.8, 4) is 5.75 Å². The van der Waals surface area contributed by atoms with Crippen molar-refractivity contribution in [3.05, 3.63) is 81.6 Å². The highest BCUT2D eigenvalue weighted by Crippen LogP contribution is 2.33. The number of ether oxygens (including phenoxy) is 1. The zero-order chi connectivity index (χ0) is 22.7. The Morgan fingerprint density at radius 2 is 1.74 bits per heavy atom. The summed E-state index contributed by atoms with van der Waals surface area (Å²) >= 11 is 8.64. The van der Waals surface area contributed by atoms with E-state index in [1.165, 1.54) is 36.0 Å². The van der Waals surface area contributed by atoms with Gasteiger partial charge in [-0.15, -0.1) is 6.58 Å². The number of thiocarbonyl (C=S) groups is 1. The standard InChI is InChI=1S/C23H20BrFN2O3S/c1-4-5-16-10-15(11-18-21(28)26(2)23(31)27(3)22(18)29)12-19(24)20(16)30-13-14-6-8-17(25)9-7-14/h4,6-12H,1,5,13H2,2-3H3. The van der Waals surface area contributed by atoms with Crippen molar-refractivity contribution in [1.82, 2.24) is 9.80 Å². The van der Waals surface area contributed by atoms with E-state index < -0.39 is 11.8 Å². The first-order valence-electron chi connectivity index (χ1n) is 9.35. The van der Waals surface area contributed by atoms with Gasteiger partial charge in [0.1, 0.15) is 23.7 Å². The van der Waals surface area contributed by atoms with Gasteiger partial charge in [-0.25, -0.2) is 4.39 Å². The Labute approximate surface area is 193 Å². The molecule has 2 aromatic carbocycles. The first kappa shape index (κ1) is 22.8. The number of benzene rings is 2. The van der Waals surface area contributed by atoms with E-state index in [1.54, 1.807) is 30.4 Å². The highest BCUT2D eigenvalue weighted by Gasteiger charge is 2.35. The number of likely N-dealkylation sites (N-methyl/N-ethyl adjacent to an activating group) is 2. The average molecular weight is 503 g/mol. The number of carbonyl (C=O) groups excluding carboxylic acids is 2. The van der Waals surface area contributed by atoms with Crippen LogP contribution in [0.3, 0.4) is 0 Å². The molecule has 0 aromatic heterocycles. The number of rotatable bonds is 6. The van der Waals surface area contributed by atoms with E-state index in [2.05, 4.69) is 22.5 Å². The topological polar surface area (TPSA) is 49.9 Å². The smallest absolute Gasteiger partial charge is 0.265 e. The van der Waals surface area contributed by atoms with Crippen LogP contribution in [0.2, 0.25) is 0 Å². The maximum absolute atomic E-state index is 13.1. The molecule has 2 aromatic rings. The van der Waals surface area contributed by atoms with Gasteiger partial charge in [0.15, 0.2) is 5.11 Å². The number of nitrogens with zero attached hydrogens (tertiary/aromatic N) is 2. The fourth-order valence-electron chi connectivity index (χ4n) is 3.10. The molecular weight excluding hydrogens is 483 g/mol. The molecule has 0 aliphatic carbocycles. The summed E-state index contributed by atoms with van der Waals surface area (Å²) in [5.41, 5.74) is 2.33. The normalized spacial score (nSPS) is 14.2. The molecule has 0 spiro atoms. The summed E-state index contributed by atoms with van der Waals surface area (Å²) in [6, 6.07) is 9.69. The van der Waals surface area contributed by atoms with Crippen LogP contribution in [-0.2, 0) is 22.6 Å². The SMILES string of the molecule is C=CCc1cc(C=C2C(=O)N(C)C(=S)N(C)C2=O)cc(Br)c1OCc1ccc(F)cc1. The van der Waals surface area contributed by atoms with Gasteiger partial charge in [-0.1, -0.05) is 18.2 Å². The maximum atomic E-state index is 13.1. The molecule has 0 N–H and O–H groups in total. The molecule has 3 rings (SSSR count). The van der Waals surface area contributed by atoms with E-state index in [0.717, 1.165) is 11.1 Å². The predicted octanol–water partition coefficient (Wildman–Crippen LogP) is 4.49. The van der Waals surface area contributed by atoms with Crippen molar-refractivity contribution in [2.24, 2.45) is 0 Å². The van der Waals surface area contributed by atoms with Crippen LogP contribution in [0.4, 0.5) is 4.39 Å². The van der Waals surface area contributed by atoms with E-state index >= 15 is 0 Å². The van der Waals surface area contributed by atoms with Crippen molar-refractivity contribution in [3.63, 3.8) is 0 Å². The Hall–Kier alpha value is -2.84. The van der Waals surface area contributed by atoms with Gasteiger partial charge in [0, 0.05) is 14.1 Å². The van der Waals surface area contributed by atoms with Gasteiger partial charge in [0.25, 0.3) is 11.8 Å². The van der Waals surface area contributed by atoms with E-state index in [9.17, 15) is 14.0 Å². The van der Waals surface area contributed by atoms with E-state index in [0.29, 0.717) is 22.2 Å². The summed E-state index contributed by atoms with van der Waals surface area (Å²) in [6.07, 6.45) is 3.79. The fourth-order valence-corrected chi connectivity index (χ4v) is 3.90. The van der Waals surface area contributed by atoms with Gasteiger partial charge in [-0.3, -0.25) is 19.4 Å². The minimum absolute atomic E-state index is 0.0232. The molecule has 31 heavy (non-hydrogen) atoms. The van der Waals surface area contributed by atoms with Crippen LogP contribution in [0.15, 0.2) is 59.1 Å². The van der Waals surface area contributed by atoms with Crippen molar-refractivity contribution < 1.29 is 18.7 Å². The summed E-state index contributed by atoms with van der Waals surface area (Å²) in [5.74, 6) is -0.598. The Morgan fingerprint density at radius 3 is 2.32 bits per heavy atom. The summed E-state index contributed by atoms with van der Waals surface area (Å²) in [7, 11) is 3.07. The number of hydrogen-bond acceptors (Lipinski definition) is 4. The molecule has 0 atom stereocenters. The van der Waals surface area contributed by atoms with Crippen LogP contribution in [0, 0.1) is 5.82 Å². The lowest BCUT2D eigenvalue weighted by Gasteiger charge is -2.31. The minimum atomic E-state index is -0.453. The fraction of sp³-hybridized carbons (Fsp3) is 0.174. The number of allylic oxidation sites excluding steroid dienone is 1. The second-order valence-corrected chi connectivity index (χ2v) is 8.19. The van der Waals surface area contributed by atoms with Crippen LogP contribution in [0.25, 0.3) is 6.08 Å². The third kappa shape index (κ3) is 4.91. The van der Waals surface area contributed by atoms with Crippen LogP contribution in [0.5, 0.6) is 5.75 Å². The van der Waals surface area contributed by atoms with E-state index in [4.69, 9.17) is 17.0 Å². The zero-order valence-corrected chi connectivity index (χ0v) is 19.4. The van der Waals surface area contributed by atoms with Gasteiger partial charge >= 0.3 is 0 Å². The van der Waals surface area contributed by atoms with Crippen molar-refractivity contribution >= 4 is 51.2 Å². The molecule has 0 bridgehead atoms. The lowest BCUT2D eigenvalue weighted by atomic mass is 10.0. The molecular formula is C23H20BrFN2O3S. The van der Waals surface area contributed by atoms with E-state index in [1.807, 2.05) is 6.07 Å². The van der Waals surface area contributed by atoms with Crippen LogP contribution in [-0.4, -0.2) is 40.8 Å². The van der Waals surface area contributed by atoms with Crippen molar-refractivity contribution in [2.45, 2.75) is 13.0 Å². The number of carbonyl (C=O) groups is 2. The first-order chi connectivity index (χ1) is 14.7. The average Bonchev–Trinajstić information content (AvgIpc) is 2.75. The number of halogens is 2. The molecule has 1 fully saturated rings. The van der Waals surface area contributed by atoms with Gasteiger partial charge in [-0.05, 0) is 81.6 Å². The third-order valence-electron chi connectivity index (χ3n) is 4.76. The molecule has 0 radical (unpaired) electrons. The lowest BCUT2D eigenvalue weighted by Crippen LogP contribution is -2.52. The van der Waals surface area contributed by atoms with Gasteiger partial charge in [0.2, 0.25) is 0 Å². The molecule has 0 unspecified atom stereocenters. The summed E-state index contributed by atoms with van der Waals surface area (Å²) in [6.45, 7) is 4.05. The second-order valence-electron chi connectivity index (χ2n) is 6.97. The van der Waals surface area contributed by atoms with E-state index in [-0.39, 0.29) is 23.1 Å². The number of hydrogen-bond donors (Lipinski definition) is 0. The Bertz CT molecular complexity index is 1070. The summed E-state index contributed by atoms with van der Waals surface area (Å²) in [5, 5.41) is 0.158.